The molecule has 0 aromatic heterocycles. The summed E-state index contributed by atoms with van der Waals surface area (Å²) >= 11 is 9.52. The molecule has 0 fully saturated rings. The predicted molar refractivity (Wildman–Crippen MR) is 87.4 cm³/mol. The van der Waals surface area contributed by atoms with Crippen LogP contribution in [0.5, 0.6) is 5.75 Å². The van der Waals surface area contributed by atoms with E-state index in [1.807, 2.05) is 25.1 Å². The Morgan fingerprint density at radius 3 is 2.71 bits per heavy atom. The molecular formula is C16H16BrClFNO. The van der Waals surface area contributed by atoms with Gasteiger partial charge in [0.1, 0.15) is 11.6 Å². The summed E-state index contributed by atoms with van der Waals surface area (Å²) < 4.78 is 20.1. The van der Waals surface area contributed by atoms with E-state index in [0.29, 0.717) is 23.6 Å². The van der Waals surface area contributed by atoms with Crippen LogP contribution in [0.25, 0.3) is 0 Å². The van der Waals surface area contributed by atoms with Gasteiger partial charge in [-0.3, -0.25) is 0 Å². The molecule has 0 amide bonds. The minimum Gasteiger partial charge on any atom is -0.494 e. The molecule has 0 aliphatic carbocycles. The number of rotatable bonds is 5. The lowest BCUT2D eigenvalue weighted by Crippen LogP contribution is -2.15. The molecule has 0 heterocycles. The van der Waals surface area contributed by atoms with Gasteiger partial charge in [0.05, 0.1) is 6.61 Å². The second kappa shape index (κ2) is 7.25. The summed E-state index contributed by atoms with van der Waals surface area (Å²) in [4.78, 5) is 0. The van der Waals surface area contributed by atoms with Gasteiger partial charge < -0.3 is 10.5 Å². The van der Waals surface area contributed by atoms with Crippen LogP contribution in [-0.4, -0.2) is 6.61 Å². The van der Waals surface area contributed by atoms with Crippen LogP contribution in [0.4, 0.5) is 4.39 Å². The molecule has 0 aliphatic heterocycles. The number of nitrogens with two attached hydrogens (primary N) is 1. The van der Waals surface area contributed by atoms with Crippen molar-refractivity contribution in [2.75, 3.05) is 6.61 Å². The third kappa shape index (κ3) is 3.96. The second-order valence-corrected chi connectivity index (χ2v) is 5.89. The monoisotopic (exact) mass is 371 g/mol. The number of benzene rings is 2. The van der Waals surface area contributed by atoms with Gasteiger partial charge in [0, 0.05) is 21.1 Å². The van der Waals surface area contributed by atoms with Crippen LogP contribution >= 0.6 is 27.5 Å². The molecule has 21 heavy (non-hydrogen) atoms. The Labute approximate surface area is 137 Å². The summed E-state index contributed by atoms with van der Waals surface area (Å²) in [5.74, 6) is 0.434. The maximum Gasteiger partial charge on any atom is 0.127 e. The highest BCUT2D eigenvalue weighted by atomic mass is 79.9. The van der Waals surface area contributed by atoms with Crippen molar-refractivity contribution in [3.8, 4) is 5.75 Å². The second-order valence-electron chi connectivity index (χ2n) is 4.63. The molecule has 5 heteroatoms. The van der Waals surface area contributed by atoms with E-state index in [0.717, 1.165) is 15.8 Å². The lowest BCUT2D eigenvalue weighted by molar-refractivity contribution is 0.340. The zero-order valence-electron chi connectivity index (χ0n) is 11.6. The van der Waals surface area contributed by atoms with Gasteiger partial charge in [0.25, 0.3) is 0 Å². The SMILES string of the molecule is CCOc1ccc(C(N)Cc2c(F)cccc2Cl)c(Br)c1. The maximum atomic E-state index is 13.8. The van der Waals surface area contributed by atoms with Crippen LogP contribution in [0.15, 0.2) is 40.9 Å². The first-order valence-corrected chi connectivity index (χ1v) is 7.80. The van der Waals surface area contributed by atoms with E-state index in [4.69, 9.17) is 22.1 Å². The molecule has 2 rings (SSSR count). The highest BCUT2D eigenvalue weighted by Crippen LogP contribution is 2.30. The van der Waals surface area contributed by atoms with Crippen molar-refractivity contribution < 1.29 is 9.13 Å². The molecule has 0 aliphatic rings. The van der Waals surface area contributed by atoms with E-state index in [1.165, 1.54) is 6.07 Å². The van der Waals surface area contributed by atoms with Gasteiger partial charge >= 0.3 is 0 Å². The van der Waals surface area contributed by atoms with Gasteiger partial charge in [-0.1, -0.05) is 39.7 Å². The molecular weight excluding hydrogens is 357 g/mol. The highest BCUT2D eigenvalue weighted by molar-refractivity contribution is 9.10. The predicted octanol–water partition coefficient (Wildman–Crippen LogP) is 4.88. The van der Waals surface area contributed by atoms with Crippen molar-refractivity contribution in [2.24, 2.45) is 5.73 Å². The minimum absolute atomic E-state index is 0.331. The van der Waals surface area contributed by atoms with E-state index < -0.39 is 0 Å². The van der Waals surface area contributed by atoms with E-state index in [2.05, 4.69) is 15.9 Å². The summed E-state index contributed by atoms with van der Waals surface area (Å²) in [5, 5.41) is 0.396. The number of ether oxygens (including phenoxy) is 1. The third-order valence-electron chi connectivity index (χ3n) is 3.17. The Morgan fingerprint density at radius 2 is 2.10 bits per heavy atom. The van der Waals surface area contributed by atoms with Gasteiger partial charge in [-0.25, -0.2) is 4.39 Å². The van der Waals surface area contributed by atoms with E-state index in [1.54, 1.807) is 12.1 Å². The van der Waals surface area contributed by atoms with Crippen LogP contribution < -0.4 is 10.5 Å². The summed E-state index contributed by atoms with van der Waals surface area (Å²) in [6.07, 6.45) is 0.331. The van der Waals surface area contributed by atoms with Crippen molar-refractivity contribution in [3.05, 3.63) is 62.8 Å². The first-order chi connectivity index (χ1) is 10.0. The smallest absolute Gasteiger partial charge is 0.127 e. The van der Waals surface area contributed by atoms with E-state index >= 15 is 0 Å². The van der Waals surface area contributed by atoms with Crippen molar-refractivity contribution in [3.63, 3.8) is 0 Å². The standard InChI is InChI=1S/C16H16BrClFNO/c1-2-21-10-6-7-11(13(17)8-10)16(20)9-12-14(18)4-3-5-15(12)19/h3-8,16H,2,9,20H2,1H3. The zero-order chi connectivity index (χ0) is 15.4. The Kier molecular flexibility index (Phi) is 5.62. The fourth-order valence-electron chi connectivity index (χ4n) is 2.12. The molecule has 112 valence electrons. The molecule has 1 unspecified atom stereocenters. The third-order valence-corrected chi connectivity index (χ3v) is 4.21. The zero-order valence-corrected chi connectivity index (χ0v) is 13.9. The molecule has 0 radical (unpaired) electrons. The first-order valence-electron chi connectivity index (χ1n) is 6.63. The van der Waals surface area contributed by atoms with Crippen LogP contribution in [0.2, 0.25) is 5.02 Å². The number of hydrogen-bond donors (Lipinski definition) is 1. The van der Waals surface area contributed by atoms with Crippen molar-refractivity contribution >= 4 is 27.5 Å². The molecule has 2 aromatic carbocycles. The number of halogens is 3. The first kappa shape index (κ1) is 16.3. The average molecular weight is 373 g/mol. The van der Waals surface area contributed by atoms with Crippen LogP contribution in [-0.2, 0) is 6.42 Å². The Morgan fingerprint density at radius 1 is 1.33 bits per heavy atom. The van der Waals surface area contributed by atoms with Crippen LogP contribution in [0.3, 0.4) is 0 Å². The van der Waals surface area contributed by atoms with Gasteiger partial charge in [-0.2, -0.15) is 0 Å². The maximum absolute atomic E-state index is 13.8. The highest BCUT2D eigenvalue weighted by Gasteiger charge is 2.16. The molecule has 0 saturated heterocycles. The van der Waals surface area contributed by atoms with Crippen molar-refractivity contribution in [2.45, 2.75) is 19.4 Å². The van der Waals surface area contributed by atoms with Gasteiger partial charge in [0.15, 0.2) is 0 Å². The fourth-order valence-corrected chi connectivity index (χ4v) is 3.01. The van der Waals surface area contributed by atoms with E-state index in [9.17, 15) is 4.39 Å². The summed E-state index contributed by atoms with van der Waals surface area (Å²) in [6.45, 7) is 2.52. The molecule has 2 aromatic rings. The van der Waals surface area contributed by atoms with Crippen molar-refractivity contribution in [1.82, 2.24) is 0 Å². The Bertz CT molecular complexity index is 615. The summed E-state index contributed by atoms with van der Waals surface area (Å²) in [7, 11) is 0. The lowest BCUT2D eigenvalue weighted by Gasteiger charge is -2.16. The average Bonchev–Trinajstić information content (AvgIpc) is 2.43. The fraction of sp³-hybridized carbons (Fsp3) is 0.250. The van der Waals surface area contributed by atoms with Crippen LogP contribution in [0.1, 0.15) is 24.1 Å². The van der Waals surface area contributed by atoms with Gasteiger partial charge in [-0.05, 0) is 43.2 Å². The molecule has 0 spiro atoms. The minimum atomic E-state index is -0.357. The largest absolute Gasteiger partial charge is 0.494 e. The van der Waals surface area contributed by atoms with Crippen molar-refractivity contribution in [1.29, 1.82) is 0 Å². The summed E-state index contributed by atoms with van der Waals surface area (Å²) in [6, 6.07) is 9.88. The van der Waals surface area contributed by atoms with Gasteiger partial charge in [-0.15, -0.1) is 0 Å². The molecule has 2 N–H and O–H groups in total. The quantitative estimate of drug-likeness (QED) is 0.811. The Balaban J connectivity index is 2.22. The molecule has 0 saturated carbocycles. The molecule has 0 bridgehead atoms. The van der Waals surface area contributed by atoms with Crippen LogP contribution in [0, 0.1) is 5.82 Å². The summed E-state index contributed by atoms with van der Waals surface area (Å²) in [5.41, 5.74) is 7.52. The molecule has 2 nitrogen and oxygen atoms in total. The topological polar surface area (TPSA) is 35.2 Å². The lowest BCUT2D eigenvalue weighted by atomic mass is 9.99. The Hall–Kier alpha value is -1.10. The number of hydrogen-bond acceptors (Lipinski definition) is 2. The molecule has 1 atom stereocenters. The van der Waals surface area contributed by atoms with Gasteiger partial charge in [0.2, 0.25) is 0 Å². The normalized spacial score (nSPS) is 12.2. The van der Waals surface area contributed by atoms with E-state index in [-0.39, 0.29) is 11.9 Å².